The Morgan fingerprint density at radius 1 is 1.05 bits per heavy atom. The van der Waals surface area contributed by atoms with E-state index in [1.54, 1.807) is 20.4 Å². The van der Waals surface area contributed by atoms with Gasteiger partial charge in [0.2, 0.25) is 0 Å². The van der Waals surface area contributed by atoms with Gasteiger partial charge in [0.1, 0.15) is 0 Å². The van der Waals surface area contributed by atoms with E-state index >= 15 is 0 Å². The maximum absolute atomic E-state index is 9.27. The van der Waals surface area contributed by atoms with Crippen molar-refractivity contribution in [1.29, 1.82) is 0 Å². The molecule has 0 aliphatic rings. The molecular weight excluding hydrogens is 280 g/mol. The number of hydrogen-bond donors (Lipinski definition) is 1. The molecule has 118 valence electrons. The van der Waals surface area contributed by atoms with Gasteiger partial charge >= 0.3 is 0 Å². The number of aliphatic hydroxyl groups is 1. The van der Waals surface area contributed by atoms with Crippen LogP contribution in [0, 0.1) is 0 Å². The first-order chi connectivity index (χ1) is 10.8. The van der Waals surface area contributed by atoms with E-state index < -0.39 is 0 Å². The van der Waals surface area contributed by atoms with Crippen LogP contribution in [0.5, 0.6) is 11.5 Å². The van der Waals surface area contributed by atoms with E-state index in [2.05, 4.69) is 9.88 Å². The van der Waals surface area contributed by atoms with Crippen LogP contribution in [-0.4, -0.2) is 42.4 Å². The van der Waals surface area contributed by atoms with Gasteiger partial charge in [-0.2, -0.15) is 0 Å². The number of methoxy groups -OCH3 is 2. The summed E-state index contributed by atoms with van der Waals surface area (Å²) >= 11 is 0. The highest BCUT2D eigenvalue weighted by Gasteiger charge is 2.10. The number of ether oxygens (including phenoxy) is 2. The van der Waals surface area contributed by atoms with E-state index in [9.17, 15) is 5.11 Å². The van der Waals surface area contributed by atoms with Crippen LogP contribution < -0.4 is 9.47 Å². The molecule has 0 saturated heterocycles. The lowest BCUT2D eigenvalue weighted by Crippen LogP contribution is -2.26. The fourth-order valence-corrected chi connectivity index (χ4v) is 2.34. The second kappa shape index (κ2) is 8.36. The zero-order chi connectivity index (χ0) is 15.8. The van der Waals surface area contributed by atoms with Crippen molar-refractivity contribution in [2.24, 2.45) is 0 Å². The molecule has 5 heteroatoms. The largest absolute Gasteiger partial charge is 0.493 e. The topological polar surface area (TPSA) is 54.8 Å². The molecule has 0 bridgehead atoms. The fraction of sp³-hybridized carbons (Fsp3) is 0.353. The first-order valence-electron chi connectivity index (χ1n) is 7.20. The molecule has 0 aliphatic carbocycles. The summed E-state index contributed by atoms with van der Waals surface area (Å²) in [6.45, 7) is 2.18. The van der Waals surface area contributed by atoms with Crippen molar-refractivity contribution < 1.29 is 14.6 Å². The fourth-order valence-electron chi connectivity index (χ4n) is 2.34. The van der Waals surface area contributed by atoms with Crippen molar-refractivity contribution in [1.82, 2.24) is 9.88 Å². The van der Waals surface area contributed by atoms with Gasteiger partial charge in [-0.25, -0.2) is 0 Å². The van der Waals surface area contributed by atoms with Crippen LogP contribution >= 0.6 is 0 Å². The zero-order valence-electron chi connectivity index (χ0n) is 13.0. The molecule has 2 rings (SSSR count). The monoisotopic (exact) mass is 302 g/mol. The summed E-state index contributed by atoms with van der Waals surface area (Å²) in [6.07, 6.45) is 3.60. The molecule has 22 heavy (non-hydrogen) atoms. The van der Waals surface area contributed by atoms with Crippen molar-refractivity contribution in [3.8, 4) is 11.5 Å². The Morgan fingerprint density at radius 3 is 2.45 bits per heavy atom. The highest BCUT2D eigenvalue weighted by Crippen LogP contribution is 2.28. The number of aromatic nitrogens is 1. The first-order valence-corrected chi connectivity index (χ1v) is 7.20. The minimum absolute atomic E-state index is 0.119. The van der Waals surface area contributed by atoms with E-state index in [1.165, 1.54) is 0 Å². The molecule has 1 aromatic carbocycles. The summed E-state index contributed by atoms with van der Waals surface area (Å²) in [4.78, 5) is 6.29. The molecule has 0 aliphatic heterocycles. The lowest BCUT2D eigenvalue weighted by molar-refractivity contribution is 0.184. The van der Waals surface area contributed by atoms with Gasteiger partial charge in [0.25, 0.3) is 0 Å². The maximum atomic E-state index is 9.27. The molecule has 5 nitrogen and oxygen atoms in total. The molecule has 0 spiro atoms. The summed E-state index contributed by atoms with van der Waals surface area (Å²) in [6, 6.07) is 9.83. The first kappa shape index (κ1) is 16.3. The van der Waals surface area contributed by atoms with E-state index in [4.69, 9.17) is 9.47 Å². The van der Waals surface area contributed by atoms with Crippen LogP contribution in [0.25, 0.3) is 0 Å². The molecule has 0 amide bonds. The Balaban J connectivity index is 2.10. The summed E-state index contributed by atoms with van der Waals surface area (Å²) in [5.41, 5.74) is 2.23. The number of aliphatic hydroxyl groups excluding tert-OH is 1. The summed E-state index contributed by atoms with van der Waals surface area (Å²) in [5.74, 6) is 1.43. The Hall–Kier alpha value is -2.11. The van der Waals surface area contributed by atoms with Gasteiger partial charge in [-0.3, -0.25) is 9.88 Å². The molecular formula is C17H22N2O3. The molecule has 0 saturated carbocycles. The van der Waals surface area contributed by atoms with E-state index in [-0.39, 0.29) is 6.61 Å². The Bertz CT molecular complexity index is 575. The van der Waals surface area contributed by atoms with Gasteiger partial charge in [-0.05, 0) is 29.3 Å². The number of benzene rings is 1. The SMILES string of the molecule is COc1ccc(CN(CCO)Cc2cccnc2)cc1OC. The normalized spacial score (nSPS) is 10.7. The summed E-state index contributed by atoms with van der Waals surface area (Å²) in [5, 5.41) is 9.27. The summed E-state index contributed by atoms with van der Waals surface area (Å²) < 4.78 is 10.6. The highest BCUT2D eigenvalue weighted by molar-refractivity contribution is 5.42. The molecule has 0 unspecified atom stereocenters. The van der Waals surface area contributed by atoms with Gasteiger partial charge in [-0.15, -0.1) is 0 Å². The number of pyridine rings is 1. The second-order valence-electron chi connectivity index (χ2n) is 4.98. The quantitative estimate of drug-likeness (QED) is 0.809. The van der Waals surface area contributed by atoms with E-state index in [0.717, 1.165) is 24.2 Å². The van der Waals surface area contributed by atoms with Crippen molar-refractivity contribution in [2.75, 3.05) is 27.4 Å². The third-order valence-corrected chi connectivity index (χ3v) is 3.40. The van der Waals surface area contributed by atoms with Gasteiger partial charge < -0.3 is 14.6 Å². The van der Waals surface area contributed by atoms with Crippen molar-refractivity contribution in [3.05, 3.63) is 53.9 Å². The maximum Gasteiger partial charge on any atom is 0.161 e. The Labute approximate surface area is 131 Å². The van der Waals surface area contributed by atoms with Crippen LogP contribution in [0.15, 0.2) is 42.7 Å². The molecule has 1 aromatic heterocycles. The minimum atomic E-state index is 0.119. The average Bonchev–Trinajstić information content (AvgIpc) is 2.56. The van der Waals surface area contributed by atoms with Gasteiger partial charge in [0, 0.05) is 32.0 Å². The molecule has 0 radical (unpaired) electrons. The minimum Gasteiger partial charge on any atom is -0.493 e. The molecule has 0 fully saturated rings. The van der Waals surface area contributed by atoms with Crippen LogP contribution in [0.2, 0.25) is 0 Å². The van der Waals surface area contributed by atoms with Crippen molar-refractivity contribution in [3.63, 3.8) is 0 Å². The standard InChI is InChI=1S/C17H22N2O3/c1-21-16-6-5-14(10-17(16)22-2)12-19(8-9-20)13-15-4-3-7-18-11-15/h3-7,10-11,20H,8-9,12-13H2,1-2H3. The van der Waals surface area contributed by atoms with Gasteiger partial charge in [-0.1, -0.05) is 12.1 Å². The van der Waals surface area contributed by atoms with Gasteiger partial charge in [0.05, 0.1) is 20.8 Å². The van der Waals surface area contributed by atoms with Crippen molar-refractivity contribution in [2.45, 2.75) is 13.1 Å². The number of nitrogens with zero attached hydrogens (tertiary/aromatic N) is 2. The van der Waals surface area contributed by atoms with E-state index in [1.807, 2.05) is 36.5 Å². The predicted molar refractivity (Wildman–Crippen MR) is 85.0 cm³/mol. The van der Waals surface area contributed by atoms with Gasteiger partial charge in [0.15, 0.2) is 11.5 Å². The summed E-state index contributed by atoms with van der Waals surface area (Å²) in [7, 11) is 3.25. The predicted octanol–water partition coefficient (Wildman–Crippen LogP) is 2.09. The molecule has 1 N–H and O–H groups in total. The smallest absolute Gasteiger partial charge is 0.161 e. The highest BCUT2D eigenvalue weighted by atomic mass is 16.5. The Morgan fingerprint density at radius 2 is 1.82 bits per heavy atom. The van der Waals surface area contributed by atoms with Crippen LogP contribution in [0.1, 0.15) is 11.1 Å². The third kappa shape index (κ3) is 4.44. The lowest BCUT2D eigenvalue weighted by Gasteiger charge is -2.22. The number of rotatable bonds is 8. The molecule has 0 atom stereocenters. The van der Waals surface area contributed by atoms with E-state index in [0.29, 0.717) is 18.0 Å². The Kier molecular flexibility index (Phi) is 6.18. The lowest BCUT2D eigenvalue weighted by atomic mass is 10.1. The second-order valence-corrected chi connectivity index (χ2v) is 4.98. The van der Waals surface area contributed by atoms with Crippen LogP contribution in [-0.2, 0) is 13.1 Å². The van der Waals surface area contributed by atoms with Crippen molar-refractivity contribution >= 4 is 0 Å². The molecule has 2 aromatic rings. The third-order valence-electron chi connectivity index (χ3n) is 3.40. The molecule has 1 heterocycles. The average molecular weight is 302 g/mol. The van der Waals surface area contributed by atoms with Crippen LogP contribution in [0.3, 0.4) is 0 Å². The zero-order valence-corrected chi connectivity index (χ0v) is 13.0. The van der Waals surface area contributed by atoms with Crippen LogP contribution in [0.4, 0.5) is 0 Å². The number of hydrogen-bond acceptors (Lipinski definition) is 5.